The summed E-state index contributed by atoms with van der Waals surface area (Å²) in [5, 5.41) is 9.28. The van der Waals surface area contributed by atoms with E-state index in [0.29, 0.717) is 0 Å². The van der Waals surface area contributed by atoms with E-state index in [9.17, 15) is 5.26 Å². The van der Waals surface area contributed by atoms with E-state index in [-0.39, 0.29) is 0 Å². The van der Waals surface area contributed by atoms with E-state index >= 15 is 0 Å². The van der Waals surface area contributed by atoms with Gasteiger partial charge in [0.05, 0.1) is 5.56 Å². The number of rotatable bonds is 1. The van der Waals surface area contributed by atoms with Crippen LogP contribution in [0, 0.1) is 25.2 Å². The van der Waals surface area contributed by atoms with Gasteiger partial charge < -0.3 is 0 Å². The highest BCUT2D eigenvalue weighted by Crippen LogP contribution is 2.28. The number of hydrogen-bond acceptors (Lipinski definition) is 1. The van der Waals surface area contributed by atoms with Gasteiger partial charge in [-0.15, -0.1) is 0 Å². The largest absolute Gasteiger partial charge is 0.192 e. The fourth-order valence-corrected chi connectivity index (χ4v) is 2.09. The van der Waals surface area contributed by atoms with Crippen molar-refractivity contribution in [3.63, 3.8) is 0 Å². The first-order valence-electron chi connectivity index (χ1n) is 5.39. The maximum atomic E-state index is 9.28. The Labute approximate surface area is 110 Å². The van der Waals surface area contributed by atoms with E-state index in [0.717, 1.165) is 32.3 Å². The molecular formula is C15H12BrN. The Bertz CT molecular complexity index is 592. The maximum Gasteiger partial charge on any atom is 0.100 e. The second-order valence-electron chi connectivity index (χ2n) is 4.05. The van der Waals surface area contributed by atoms with Crippen LogP contribution in [-0.2, 0) is 0 Å². The van der Waals surface area contributed by atoms with Gasteiger partial charge in [0.1, 0.15) is 6.07 Å². The van der Waals surface area contributed by atoms with Gasteiger partial charge in [-0.3, -0.25) is 0 Å². The molecule has 0 aliphatic heterocycles. The number of benzene rings is 2. The van der Waals surface area contributed by atoms with Crippen LogP contribution in [0.25, 0.3) is 11.1 Å². The van der Waals surface area contributed by atoms with Gasteiger partial charge in [0.25, 0.3) is 0 Å². The molecule has 0 fully saturated rings. The Hall–Kier alpha value is -1.59. The molecule has 84 valence electrons. The molecule has 0 amide bonds. The summed E-state index contributed by atoms with van der Waals surface area (Å²) in [5.74, 6) is 0. The first-order valence-corrected chi connectivity index (χ1v) is 6.19. The Morgan fingerprint density at radius 3 is 2.24 bits per heavy atom. The molecule has 2 aromatic carbocycles. The summed E-state index contributed by atoms with van der Waals surface area (Å²) in [7, 11) is 0. The second kappa shape index (κ2) is 4.73. The Morgan fingerprint density at radius 2 is 1.65 bits per heavy atom. The topological polar surface area (TPSA) is 23.8 Å². The van der Waals surface area contributed by atoms with Crippen LogP contribution in [0.5, 0.6) is 0 Å². The Morgan fingerprint density at radius 1 is 1.00 bits per heavy atom. The highest BCUT2D eigenvalue weighted by molar-refractivity contribution is 9.10. The number of hydrogen-bond donors (Lipinski definition) is 0. The van der Waals surface area contributed by atoms with Gasteiger partial charge in [0.2, 0.25) is 0 Å². The third-order valence-corrected chi connectivity index (χ3v) is 3.53. The lowest BCUT2D eigenvalue weighted by molar-refractivity contribution is 1.31. The summed E-state index contributed by atoms with van der Waals surface area (Å²) in [5.41, 5.74) is 5.07. The number of halogens is 1. The zero-order valence-corrected chi connectivity index (χ0v) is 11.4. The molecule has 2 rings (SSSR count). The highest BCUT2D eigenvalue weighted by Gasteiger charge is 2.09. The molecule has 0 unspecified atom stereocenters. The van der Waals surface area contributed by atoms with E-state index in [1.807, 2.05) is 44.2 Å². The second-order valence-corrected chi connectivity index (χ2v) is 4.96. The van der Waals surface area contributed by atoms with Gasteiger partial charge in [-0.05, 0) is 48.2 Å². The third kappa shape index (κ3) is 2.25. The first kappa shape index (κ1) is 11.9. The number of aryl methyl sites for hydroxylation is 1. The molecule has 0 spiro atoms. The lowest BCUT2D eigenvalue weighted by Gasteiger charge is -2.09. The van der Waals surface area contributed by atoms with E-state index in [4.69, 9.17) is 0 Å². The van der Waals surface area contributed by atoms with Gasteiger partial charge in [0.15, 0.2) is 0 Å². The molecule has 0 aromatic heterocycles. The van der Waals surface area contributed by atoms with Gasteiger partial charge in [-0.1, -0.05) is 40.2 Å². The first-order chi connectivity index (χ1) is 8.13. The van der Waals surface area contributed by atoms with Crippen LogP contribution in [0.15, 0.2) is 40.9 Å². The minimum Gasteiger partial charge on any atom is -0.192 e. The highest BCUT2D eigenvalue weighted by atomic mass is 79.9. The summed E-state index contributed by atoms with van der Waals surface area (Å²) in [6.45, 7) is 4.03. The third-order valence-electron chi connectivity index (χ3n) is 3.00. The Balaban J connectivity index is 2.64. The standard InChI is InChI=1S/C15H12BrN/c1-10-3-8-14(15(9-17)11(10)2)12-4-6-13(16)7-5-12/h3-8H,1-2H3. The summed E-state index contributed by atoms with van der Waals surface area (Å²) < 4.78 is 1.04. The van der Waals surface area contributed by atoms with Crippen molar-refractivity contribution in [3.8, 4) is 17.2 Å². The van der Waals surface area contributed by atoms with Crippen LogP contribution in [0.2, 0.25) is 0 Å². The van der Waals surface area contributed by atoms with Crippen molar-refractivity contribution in [1.29, 1.82) is 5.26 Å². The van der Waals surface area contributed by atoms with Gasteiger partial charge >= 0.3 is 0 Å². The molecule has 0 heterocycles. The monoisotopic (exact) mass is 285 g/mol. The average molecular weight is 286 g/mol. The van der Waals surface area contributed by atoms with Crippen LogP contribution >= 0.6 is 15.9 Å². The molecule has 0 aliphatic rings. The molecule has 1 nitrogen and oxygen atoms in total. The SMILES string of the molecule is Cc1ccc(-c2ccc(Br)cc2)c(C#N)c1C. The molecule has 0 aliphatic carbocycles. The van der Waals surface area contributed by atoms with E-state index in [1.54, 1.807) is 0 Å². The van der Waals surface area contributed by atoms with Gasteiger partial charge in [-0.2, -0.15) is 5.26 Å². The summed E-state index contributed by atoms with van der Waals surface area (Å²) >= 11 is 3.41. The van der Waals surface area contributed by atoms with Gasteiger partial charge in [-0.25, -0.2) is 0 Å². The lowest BCUT2D eigenvalue weighted by atomic mass is 9.94. The Kier molecular flexibility index (Phi) is 3.31. The molecule has 0 bridgehead atoms. The van der Waals surface area contributed by atoms with Crippen molar-refractivity contribution < 1.29 is 0 Å². The van der Waals surface area contributed by atoms with Crippen molar-refractivity contribution in [2.24, 2.45) is 0 Å². The molecular weight excluding hydrogens is 274 g/mol. The zero-order chi connectivity index (χ0) is 12.4. The molecule has 0 saturated heterocycles. The summed E-state index contributed by atoms with van der Waals surface area (Å²) in [4.78, 5) is 0. The van der Waals surface area contributed by atoms with Crippen molar-refractivity contribution in [1.82, 2.24) is 0 Å². The van der Waals surface area contributed by atoms with Crippen molar-refractivity contribution in [2.45, 2.75) is 13.8 Å². The lowest BCUT2D eigenvalue weighted by Crippen LogP contribution is -1.91. The smallest absolute Gasteiger partial charge is 0.100 e. The predicted molar refractivity (Wildman–Crippen MR) is 73.8 cm³/mol. The normalized spacial score (nSPS) is 10.0. The van der Waals surface area contributed by atoms with E-state index < -0.39 is 0 Å². The van der Waals surface area contributed by atoms with E-state index in [2.05, 4.69) is 28.1 Å². The average Bonchev–Trinajstić information content (AvgIpc) is 2.34. The molecule has 0 radical (unpaired) electrons. The van der Waals surface area contributed by atoms with Crippen molar-refractivity contribution >= 4 is 15.9 Å². The summed E-state index contributed by atoms with van der Waals surface area (Å²) in [6, 6.07) is 14.4. The molecule has 0 N–H and O–H groups in total. The molecule has 0 saturated carbocycles. The van der Waals surface area contributed by atoms with Crippen LogP contribution < -0.4 is 0 Å². The van der Waals surface area contributed by atoms with Crippen molar-refractivity contribution in [3.05, 3.63) is 57.6 Å². The quantitative estimate of drug-likeness (QED) is 0.751. The van der Waals surface area contributed by atoms with Crippen LogP contribution in [0.3, 0.4) is 0 Å². The molecule has 2 aromatic rings. The van der Waals surface area contributed by atoms with Crippen LogP contribution in [0.4, 0.5) is 0 Å². The van der Waals surface area contributed by atoms with Crippen molar-refractivity contribution in [2.75, 3.05) is 0 Å². The number of nitrogens with zero attached hydrogens (tertiary/aromatic N) is 1. The van der Waals surface area contributed by atoms with Gasteiger partial charge in [0, 0.05) is 4.47 Å². The molecule has 0 atom stereocenters. The van der Waals surface area contributed by atoms with Crippen LogP contribution in [0.1, 0.15) is 16.7 Å². The minimum atomic E-state index is 0.771. The molecule has 17 heavy (non-hydrogen) atoms. The fourth-order valence-electron chi connectivity index (χ4n) is 1.83. The fraction of sp³-hybridized carbons (Fsp3) is 0.133. The van der Waals surface area contributed by atoms with E-state index in [1.165, 1.54) is 0 Å². The van der Waals surface area contributed by atoms with Crippen LogP contribution in [-0.4, -0.2) is 0 Å². The maximum absolute atomic E-state index is 9.28. The molecule has 2 heteroatoms. The number of nitriles is 1. The minimum absolute atomic E-state index is 0.771. The summed E-state index contributed by atoms with van der Waals surface area (Å²) in [6.07, 6.45) is 0. The zero-order valence-electron chi connectivity index (χ0n) is 9.79. The predicted octanol–water partition coefficient (Wildman–Crippen LogP) is 4.60.